The highest BCUT2D eigenvalue weighted by Gasteiger charge is 2.40. The van der Waals surface area contributed by atoms with Gasteiger partial charge in [-0.25, -0.2) is 5.43 Å². The molecule has 1 aromatic rings. The van der Waals surface area contributed by atoms with Gasteiger partial charge in [0.15, 0.2) is 0 Å². The van der Waals surface area contributed by atoms with Crippen molar-refractivity contribution in [1.29, 1.82) is 0 Å². The Kier molecular flexibility index (Phi) is 14.9. The Morgan fingerprint density at radius 3 is 2.50 bits per heavy atom. The summed E-state index contributed by atoms with van der Waals surface area (Å²) in [7, 11) is -0.136. The van der Waals surface area contributed by atoms with Crippen LogP contribution in [0.3, 0.4) is 0 Å². The van der Waals surface area contributed by atoms with Gasteiger partial charge in [-0.1, -0.05) is 57.8 Å². The molecule has 3 amide bonds. The molecule has 3 N–H and O–H groups in total. The van der Waals surface area contributed by atoms with Gasteiger partial charge in [-0.05, 0) is 69.4 Å². The highest BCUT2D eigenvalue weighted by Crippen LogP contribution is 2.37. The van der Waals surface area contributed by atoms with Gasteiger partial charge in [-0.15, -0.1) is 0 Å². The molecule has 6 atom stereocenters. The molecule has 1 saturated heterocycles. The van der Waals surface area contributed by atoms with Crippen LogP contribution in [-0.2, 0) is 38.2 Å². The number of ether oxygens (including phenoxy) is 3. The number of amides is 3. The molecule has 1 aliphatic heterocycles. The van der Waals surface area contributed by atoms with Crippen molar-refractivity contribution in [2.45, 2.75) is 111 Å². The molecule has 0 radical (unpaired) electrons. The first kappa shape index (κ1) is 42.5. The van der Waals surface area contributed by atoms with E-state index in [-0.39, 0.29) is 12.5 Å². The second-order valence-electron chi connectivity index (χ2n) is 15.8. The van der Waals surface area contributed by atoms with Crippen LogP contribution in [0.2, 0.25) is 25.7 Å². The lowest BCUT2D eigenvalue weighted by molar-refractivity contribution is -0.151. The number of hydrogen-bond acceptors (Lipinski definition) is 10. The van der Waals surface area contributed by atoms with E-state index in [1.54, 1.807) is 26.1 Å². The van der Waals surface area contributed by atoms with Crippen molar-refractivity contribution in [3.05, 3.63) is 41.0 Å². The summed E-state index contributed by atoms with van der Waals surface area (Å²) in [6, 6.07) is 2.17. The van der Waals surface area contributed by atoms with E-state index >= 15 is 0 Å². The fourth-order valence-corrected chi connectivity index (χ4v) is 6.86. The Balaban J connectivity index is 1.89. The van der Waals surface area contributed by atoms with Crippen LogP contribution in [0.5, 0.6) is 0 Å². The molecule has 0 aromatic carbocycles. The van der Waals surface area contributed by atoms with Crippen LogP contribution in [0.25, 0.3) is 12.2 Å². The average Bonchev–Trinajstić information content (AvgIpc) is 3.09. The molecular weight excluding hydrogens is 683 g/mol. The molecule has 0 saturated carbocycles. The molecule has 1 aliphatic carbocycles. The Hall–Kier alpha value is -3.88. The predicted octanol–water partition coefficient (Wildman–Crippen LogP) is 2.22. The third kappa shape index (κ3) is 11.6. The largest absolute Gasteiger partial charge is 0.468 e. The number of hydrogen-bond donors (Lipinski definition) is 3. The molecule has 1 unspecified atom stereocenters. The minimum absolute atomic E-state index is 0.0414. The fraction of sp³-hybridized carbons (Fsp3) is 0.632. The summed E-state index contributed by atoms with van der Waals surface area (Å²) in [5.41, 5.74) is 0.844. The molecule has 52 heavy (non-hydrogen) atoms. The van der Waals surface area contributed by atoms with Crippen LogP contribution >= 0.6 is 0 Å². The smallest absolute Gasteiger partial charge is 0.324 e. The third-order valence-corrected chi connectivity index (χ3v) is 11.3. The normalized spacial score (nSPS) is 21.8. The zero-order valence-corrected chi connectivity index (χ0v) is 33.5. The van der Waals surface area contributed by atoms with Crippen molar-refractivity contribution in [2.24, 2.45) is 16.7 Å². The van der Waals surface area contributed by atoms with Crippen LogP contribution in [0.4, 0.5) is 0 Å². The van der Waals surface area contributed by atoms with Crippen molar-refractivity contribution in [1.82, 2.24) is 26.1 Å². The molecule has 0 spiro atoms. The number of hydrazine groups is 1. The molecular formula is C38H59N5O8Si. The first-order valence-corrected chi connectivity index (χ1v) is 21.9. The van der Waals surface area contributed by atoms with Gasteiger partial charge in [0.2, 0.25) is 11.8 Å². The van der Waals surface area contributed by atoms with Crippen molar-refractivity contribution in [3.63, 3.8) is 0 Å². The highest BCUT2D eigenvalue weighted by atomic mass is 28.3. The van der Waals surface area contributed by atoms with Crippen molar-refractivity contribution in [2.75, 3.05) is 26.9 Å². The Bertz CT molecular complexity index is 1610. The molecule has 1 aromatic heterocycles. The van der Waals surface area contributed by atoms with Gasteiger partial charge in [-0.3, -0.25) is 34.0 Å². The van der Waals surface area contributed by atoms with Gasteiger partial charge in [-0.2, -0.15) is 0 Å². The monoisotopic (exact) mass is 741 g/mol. The molecule has 14 heteroatoms. The minimum atomic E-state index is -1.43. The number of carbonyl (C=O) groups is 5. The fourth-order valence-electron chi connectivity index (χ4n) is 6.11. The van der Waals surface area contributed by atoms with Crippen molar-refractivity contribution < 1.29 is 38.2 Å². The summed E-state index contributed by atoms with van der Waals surface area (Å²) < 4.78 is 16.7. The van der Waals surface area contributed by atoms with Crippen LogP contribution in [-0.4, -0.2) is 98.8 Å². The lowest BCUT2D eigenvalue weighted by Crippen LogP contribution is -2.61. The molecule has 0 bridgehead atoms. The summed E-state index contributed by atoms with van der Waals surface area (Å²) in [6.07, 6.45) is 10.4. The quantitative estimate of drug-likeness (QED) is 0.0991. The second kappa shape index (κ2) is 18.2. The lowest BCUT2D eigenvalue weighted by atomic mass is 9.74. The third-order valence-electron chi connectivity index (χ3n) is 9.63. The Labute approximate surface area is 309 Å². The summed E-state index contributed by atoms with van der Waals surface area (Å²) in [6.45, 7) is 17.8. The Morgan fingerprint density at radius 1 is 1.15 bits per heavy atom. The summed E-state index contributed by atoms with van der Waals surface area (Å²) in [5, 5.41) is 8.76. The number of nitrogens with zero attached hydrogens (tertiary/aromatic N) is 2. The van der Waals surface area contributed by atoms with E-state index in [4.69, 9.17) is 14.2 Å². The first-order chi connectivity index (χ1) is 24.3. The molecule has 2 heterocycles. The number of carbonyl (C=O) groups excluding carboxylic acids is 5. The van der Waals surface area contributed by atoms with E-state index in [0.29, 0.717) is 32.4 Å². The van der Waals surface area contributed by atoms with Gasteiger partial charge in [0.25, 0.3) is 5.91 Å². The maximum absolute atomic E-state index is 14.3. The maximum atomic E-state index is 14.3. The summed E-state index contributed by atoms with van der Waals surface area (Å²) in [5.74, 6) is -2.59. The van der Waals surface area contributed by atoms with E-state index in [1.165, 1.54) is 19.0 Å². The zero-order valence-electron chi connectivity index (χ0n) is 32.5. The number of fused-ring (bicyclic) bond motifs is 1. The standard InChI is InChI=1S/C38H59N5O8Si/c1-25(2)32(33(45)40-26(3)34(46)43-20-12-14-30(42-43)35(47)49-7)41-36(48)37(6,24-50-21-22-52(8,9)10)17-18-38(27(4)51-28(5)44)16-15-29-13-11-19-39-31(29)23-38/h11,13,15,17-19,23,25-27,30,32,42H,12,14,16,20-22,24H2,1-10H3,(H,40,45)(H,41,48)/t26-,27+,30-,32-,37-,38?/m0/s1. The average molecular weight is 742 g/mol. The van der Waals surface area contributed by atoms with Crippen LogP contribution in [0.15, 0.2) is 30.5 Å². The van der Waals surface area contributed by atoms with Gasteiger partial charge in [0, 0.05) is 39.8 Å². The van der Waals surface area contributed by atoms with Crippen molar-refractivity contribution >= 4 is 49.9 Å². The van der Waals surface area contributed by atoms with Gasteiger partial charge >= 0.3 is 11.9 Å². The SMILES string of the molecule is COC(=O)[C@@H]1CCCN(C(=O)[C@H](C)NC(=O)[C@@H](NC(=O)[C@@](C)(C=CC2([C@@H](C)OC(C)=O)C=c3ncccc3=CC2)COCC[Si](C)(C)C)C(C)C)N1. The number of nitrogens with one attached hydrogen (secondary N) is 3. The number of rotatable bonds is 16. The number of aromatic nitrogens is 1. The molecule has 288 valence electrons. The lowest BCUT2D eigenvalue weighted by Gasteiger charge is -2.36. The predicted molar refractivity (Wildman–Crippen MR) is 201 cm³/mol. The van der Waals surface area contributed by atoms with E-state index < -0.39 is 72.8 Å². The zero-order chi connectivity index (χ0) is 38.9. The number of methoxy groups -OCH3 is 1. The second-order valence-corrected chi connectivity index (χ2v) is 21.4. The molecule has 13 nitrogen and oxygen atoms in total. The van der Waals surface area contributed by atoms with E-state index in [1.807, 2.05) is 51.1 Å². The maximum Gasteiger partial charge on any atom is 0.324 e. The Morgan fingerprint density at radius 2 is 1.87 bits per heavy atom. The van der Waals surface area contributed by atoms with Crippen molar-refractivity contribution in [3.8, 4) is 0 Å². The van der Waals surface area contributed by atoms with Gasteiger partial charge < -0.3 is 24.8 Å². The molecule has 3 rings (SSSR count). The topological polar surface area (TPSA) is 165 Å². The number of esters is 2. The highest BCUT2D eigenvalue weighted by molar-refractivity contribution is 6.76. The summed E-state index contributed by atoms with van der Waals surface area (Å²) in [4.78, 5) is 70.0. The van der Waals surface area contributed by atoms with Gasteiger partial charge in [0.1, 0.15) is 24.2 Å². The van der Waals surface area contributed by atoms with E-state index in [0.717, 1.165) is 16.6 Å². The van der Waals surface area contributed by atoms with Crippen LogP contribution in [0, 0.1) is 16.7 Å². The van der Waals surface area contributed by atoms with Gasteiger partial charge in [0.05, 0.1) is 24.5 Å². The van der Waals surface area contributed by atoms with E-state index in [2.05, 4.69) is 40.7 Å². The molecule has 2 aliphatic rings. The van der Waals surface area contributed by atoms with Crippen LogP contribution < -0.4 is 26.6 Å². The number of pyridine rings is 1. The van der Waals surface area contributed by atoms with E-state index in [9.17, 15) is 24.0 Å². The summed E-state index contributed by atoms with van der Waals surface area (Å²) >= 11 is 0. The minimum Gasteiger partial charge on any atom is -0.468 e. The van der Waals surface area contributed by atoms with Crippen LogP contribution in [0.1, 0.15) is 60.8 Å². The first-order valence-electron chi connectivity index (χ1n) is 18.2. The molecule has 1 fully saturated rings.